The highest BCUT2D eigenvalue weighted by atomic mass is 32.2. The number of nitro groups is 1. The Hall–Kier alpha value is -1.92. The summed E-state index contributed by atoms with van der Waals surface area (Å²) in [6, 6.07) is 10.9. The van der Waals surface area contributed by atoms with Gasteiger partial charge in [-0.25, -0.2) is 0 Å². The van der Waals surface area contributed by atoms with Gasteiger partial charge in [0.05, 0.1) is 15.5 Å². The molecule has 110 valence electrons. The first-order valence-electron chi connectivity index (χ1n) is 6.70. The molecule has 0 amide bonds. The molecule has 1 aromatic heterocycles. The highest BCUT2D eigenvalue weighted by Crippen LogP contribution is 2.34. The maximum absolute atomic E-state index is 11.0. The number of hydrogen-bond acceptors (Lipinski definition) is 5. The molecule has 0 aliphatic carbocycles. The highest BCUT2D eigenvalue weighted by molar-refractivity contribution is 7.99. The van der Waals surface area contributed by atoms with Gasteiger partial charge in [0.15, 0.2) is 0 Å². The molecular formula is C15H17N3O2S. The first-order valence-corrected chi connectivity index (χ1v) is 7.51. The van der Waals surface area contributed by atoms with Crippen LogP contribution in [-0.2, 0) is 0 Å². The molecule has 6 heteroatoms. The lowest BCUT2D eigenvalue weighted by molar-refractivity contribution is -0.387. The number of nitro benzene ring substituents is 1. The lowest BCUT2D eigenvalue weighted by Crippen LogP contribution is -2.16. The Balaban J connectivity index is 2.19. The Bertz CT molecular complexity index is 613. The second-order valence-corrected chi connectivity index (χ2v) is 5.61. The summed E-state index contributed by atoms with van der Waals surface area (Å²) in [6.07, 6.45) is 2.72. The molecule has 1 N–H and O–H groups in total. The minimum atomic E-state index is -0.363. The highest BCUT2D eigenvalue weighted by Gasteiger charge is 2.14. The summed E-state index contributed by atoms with van der Waals surface area (Å²) in [5, 5.41) is 14.2. The zero-order chi connectivity index (χ0) is 15.2. The van der Waals surface area contributed by atoms with E-state index < -0.39 is 0 Å². The molecule has 0 spiro atoms. The largest absolute Gasteiger partial charge is 0.312 e. The maximum atomic E-state index is 11.0. The number of nitrogens with one attached hydrogen (secondary N) is 1. The fraction of sp³-hybridized carbons (Fsp3) is 0.267. The Morgan fingerprint density at radius 1 is 1.33 bits per heavy atom. The van der Waals surface area contributed by atoms with Gasteiger partial charge in [0.25, 0.3) is 5.69 Å². The van der Waals surface area contributed by atoms with Gasteiger partial charge >= 0.3 is 0 Å². The van der Waals surface area contributed by atoms with Crippen molar-refractivity contribution < 1.29 is 4.92 Å². The van der Waals surface area contributed by atoms with Crippen molar-refractivity contribution in [1.82, 2.24) is 10.3 Å². The van der Waals surface area contributed by atoms with Crippen LogP contribution in [0.2, 0.25) is 0 Å². The second kappa shape index (κ2) is 7.19. The van der Waals surface area contributed by atoms with Crippen LogP contribution in [0.1, 0.15) is 25.1 Å². The van der Waals surface area contributed by atoms with Crippen molar-refractivity contribution in [1.29, 1.82) is 0 Å². The van der Waals surface area contributed by atoms with Gasteiger partial charge in [-0.1, -0.05) is 30.8 Å². The summed E-state index contributed by atoms with van der Waals surface area (Å²) in [5.41, 5.74) is 1.10. The normalized spacial score (nSPS) is 12.1. The number of benzene rings is 1. The lowest BCUT2D eigenvalue weighted by atomic mass is 10.1. The zero-order valence-electron chi connectivity index (χ0n) is 11.9. The van der Waals surface area contributed by atoms with E-state index in [0.29, 0.717) is 4.90 Å². The molecule has 21 heavy (non-hydrogen) atoms. The topological polar surface area (TPSA) is 68.1 Å². The van der Waals surface area contributed by atoms with Gasteiger partial charge in [-0.2, -0.15) is 0 Å². The van der Waals surface area contributed by atoms with Crippen molar-refractivity contribution in [3.8, 4) is 0 Å². The molecular weight excluding hydrogens is 286 g/mol. The Morgan fingerprint density at radius 3 is 2.67 bits per heavy atom. The third-order valence-electron chi connectivity index (χ3n) is 3.16. The van der Waals surface area contributed by atoms with Crippen LogP contribution >= 0.6 is 11.8 Å². The number of aromatic nitrogens is 1. The summed E-state index contributed by atoms with van der Waals surface area (Å²) in [5.74, 6) is 0. The van der Waals surface area contributed by atoms with Crippen LogP contribution in [0.4, 0.5) is 5.69 Å². The Labute approximate surface area is 127 Å². The minimum Gasteiger partial charge on any atom is -0.312 e. The van der Waals surface area contributed by atoms with Gasteiger partial charge in [-0.3, -0.25) is 15.1 Å². The van der Waals surface area contributed by atoms with Crippen LogP contribution in [0, 0.1) is 10.1 Å². The van der Waals surface area contributed by atoms with Gasteiger partial charge in [0.1, 0.15) is 0 Å². The molecule has 1 heterocycles. The van der Waals surface area contributed by atoms with E-state index in [1.165, 1.54) is 17.8 Å². The fourth-order valence-electron chi connectivity index (χ4n) is 2.04. The van der Waals surface area contributed by atoms with Gasteiger partial charge in [-0.15, -0.1) is 0 Å². The van der Waals surface area contributed by atoms with Crippen molar-refractivity contribution in [3.05, 3.63) is 58.4 Å². The second-order valence-electron chi connectivity index (χ2n) is 4.50. The molecule has 2 aromatic rings. The van der Waals surface area contributed by atoms with Crippen LogP contribution in [0.3, 0.4) is 0 Å². The Morgan fingerprint density at radius 2 is 2.10 bits per heavy atom. The Kier molecular flexibility index (Phi) is 5.30. The van der Waals surface area contributed by atoms with Crippen molar-refractivity contribution in [2.75, 3.05) is 7.05 Å². The first-order chi connectivity index (χ1) is 10.2. The van der Waals surface area contributed by atoms with Crippen molar-refractivity contribution in [2.45, 2.75) is 29.2 Å². The molecule has 0 aliphatic rings. The van der Waals surface area contributed by atoms with Crippen LogP contribution < -0.4 is 5.32 Å². The van der Waals surface area contributed by atoms with Gasteiger partial charge in [0.2, 0.25) is 0 Å². The van der Waals surface area contributed by atoms with E-state index in [0.717, 1.165) is 17.0 Å². The number of pyridine rings is 1. The smallest absolute Gasteiger partial charge is 0.283 e. The molecule has 0 bridgehead atoms. The van der Waals surface area contributed by atoms with Crippen LogP contribution in [0.25, 0.3) is 0 Å². The molecule has 0 saturated heterocycles. The summed E-state index contributed by atoms with van der Waals surface area (Å²) in [4.78, 5) is 16.6. The van der Waals surface area contributed by atoms with Crippen LogP contribution in [0.15, 0.2) is 52.4 Å². The summed E-state index contributed by atoms with van der Waals surface area (Å²) in [6.45, 7) is 2.10. The number of hydrogen-bond donors (Lipinski definition) is 1. The van der Waals surface area contributed by atoms with Crippen LogP contribution in [-0.4, -0.2) is 17.0 Å². The average molecular weight is 303 g/mol. The molecule has 0 fully saturated rings. The molecule has 5 nitrogen and oxygen atoms in total. The number of para-hydroxylation sites is 1. The molecule has 1 unspecified atom stereocenters. The number of rotatable bonds is 6. The molecule has 0 saturated carbocycles. The predicted octanol–water partition coefficient (Wildman–Crippen LogP) is 3.81. The molecule has 1 atom stereocenters. The van der Waals surface area contributed by atoms with E-state index in [2.05, 4.69) is 17.2 Å². The number of nitrogens with zero attached hydrogens (tertiary/aromatic N) is 2. The third kappa shape index (κ3) is 3.80. The third-order valence-corrected chi connectivity index (χ3v) is 4.21. The van der Waals surface area contributed by atoms with E-state index in [9.17, 15) is 10.1 Å². The molecule has 2 rings (SSSR count). The molecule has 0 radical (unpaired) electrons. The van der Waals surface area contributed by atoms with E-state index in [4.69, 9.17) is 0 Å². The van der Waals surface area contributed by atoms with Crippen molar-refractivity contribution >= 4 is 17.4 Å². The van der Waals surface area contributed by atoms with Gasteiger partial charge < -0.3 is 5.32 Å². The van der Waals surface area contributed by atoms with Gasteiger partial charge in [0, 0.05) is 23.2 Å². The van der Waals surface area contributed by atoms with Gasteiger partial charge in [-0.05, 0) is 31.7 Å². The quantitative estimate of drug-likeness (QED) is 0.649. The average Bonchev–Trinajstić information content (AvgIpc) is 2.50. The van der Waals surface area contributed by atoms with Crippen molar-refractivity contribution in [2.24, 2.45) is 0 Å². The predicted molar refractivity (Wildman–Crippen MR) is 83.5 cm³/mol. The zero-order valence-corrected chi connectivity index (χ0v) is 12.8. The molecule has 0 aliphatic heterocycles. The summed E-state index contributed by atoms with van der Waals surface area (Å²) >= 11 is 1.35. The minimum absolute atomic E-state index is 0.119. The van der Waals surface area contributed by atoms with E-state index in [1.54, 1.807) is 24.4 Å². The van der Waals surface area contributed by atoms with E-state index in [1.807, 2.05) is 19.2 Å². The molecule has 1 aromatic carbocycles. The van der Waals surface area contributed by atoms with E-state index >= 15 is 0 Å². The monoisotopic (exact) mass is 303 g/mol. The fourth-order valence-corrected chi connectivity index (χ4v) is 2.93. The summed E-state index contributed by atoms with van der Waals surface area (Å²) < 4.78 is 0. The SMILES string of the molecule is CCC(NC)c1ccc(Sc2ccccc2[N+](=O)[O-])cn1. The van der Waals surface area contributed by atoms with Crippen molar-refractivity contribution in [3.63, 3.8) is 0 Å². The standard InChI is InChI=1S/C15H17N3O2S/c1-3-12(16-2)13-9-8-11(10-17-13)21-15-7-5-4-6-14(15)18(19)20/h4-10,12,16H,3H2,1-2H3. The maximum Gasteiger partial charge on any atom is 0.283 e. The van der Waals surface area contributed by atoms with E-state index in [-0.39, 0.29) is 16.7 Å². The summed E-state index contributed by atoms with van der Waals surface area (Å²) in [7, 11) is 1.91. The lowest BCUT2D eigenvalue weighted by Gasteiger charge is -2.13. The van der Waals surface area contributed by atoms with Crippen LogP contribution in [0.5, 0.6) is 0 Å². The first kappa shape index (κ1) is 15.5.